The van der Waals surface area contributed by atoms with E-state index in [4.69, 9.17) is 4.74 Å². The van der Waals surface area contributed by atoms with Crippen LogP contribution in [0.2, 0.25) is 0 Å². The normalized spacial score (nSPS) is 16.0. The number of rotatable bonds is 4. The van der Waals surface area contributed by atoms with Gasteiger partial charge < -0.3 is 10.1 Å². The average molecular weight is 243 g/mol. The van der Waals surface area contributed by atoms with E-state index < -0.39 is 0 Å². The predicted molar refractivity (Wildman–Crippen MR) is 74.3 cm³/mol. The van der Waals surface area contributed by atoms with Crippen LogP contribution in [0.4, 0.5) is 0 Å². The topological polar surface area (TPSA) is 21.3 Å². The Labute approximate surface area is 110 Å². The minimum Gasteiger partial charge on any atom is -0.369 e. The first-order valence-corrected chi connectivity index (χ1v) is 6.77. The van der Waals surface area contributed by atoms with E-state index in [1.807, 2.05) is 30.3 Å². The molecule has 1 saturated heterocycles. The minimum atomic E-state index is 0.542. The molecule has 0 spiro atoms. The lowest BCUT2D eigenvalue weighted by Gasteiger charge is -2.21. The quantitative estimate of drug-likeness (QED) is 0.648. The third-order valence-electron chi connectivity index (χ3n) is 3.31. The fourth-order valence-electron chi connectivity index (χ4n) is 2.20. The van der Waals surface area contributed by atoms with Crippen molar-refractivity contribution >= 4 is 0 Å². The highest BCUT2D eigenvalue weighted by Gasteiger charge is 2.11. The van der Waals surface area contributed by atoms with Crippen LogP contribution >= 0.6 is 0 Å². The summed E-state index contributed by atoms with van der Waals surface area (Å²) in [6.07, 6.45) is 3.76. The molecule has 0 radical (unpaired) electrons. The first-order chi connectivity index (χ1) is 8.95. The highest BCUT2D eigenvalue weighted by Crippen LogP contribution is 2.15. The van der Waals surface area contributed by atoms with Crippen molar-refractivity contribution in [1.82, 2.24) is 5.32 Å². The maximum absolute atomic E-state index is 5.56. The van der Waals surface area contributed by atoms with Crippen LogP contribution in [0.3, 0.4) is 0 Å². The second-order valence-electron chi connectivity index (χ2n) is 4.70. The van der Waals surface area contributed by atoms with Crippen LogP contribution in [0.15, 0.2) is 30.3 Å². The van der Waals surface area contributed by atoms with Crippen molar-refractivity contribution in [1.29, 1.82) is 0 Å². The van der Waals surface area contributed by atoms with E-state index in [9.17, 15) is 0 Å². The van der Waals surface area contributed by atoms with Gasteiger partial charge >= 0.3 is 0 Å². The lowest BCUT2D eigenvalue weighted by atomic mass is 9.95. The predicted octanol–water partition coefficient (Wildman–Crippen LogP) is 2.44. The number of benzene rings is 1. The lowest BCUT2D eigenvalue weighted by Crippen LogP contribution is -2.28. The SMILES string of the molecule is C(#Cc1ccccc1)COCCC1CCNCC1. The molecule has 1 N–H and O–H groups in total. The van der Waals surface area contributed by atoms with Gasteiger partial charge in [0.2, 0.25) is 0 Å². The summed E-state index contributed by atoms with van der Waals surface area (Å²) in [4.78, 5) is 0. The maximum Gasteiger partial charge on any atom is 0.108 e. The first-order valence-electron chi connectivity index (χ1n) is 6.77. The monoisotopic (exact) mass is 243 g/mol. The maximum atomic E-state index is 5.56. The second kappa shape index (κ2) is 7.92. The van der Waals surface area contributed by atoms with Crippen molar-refractivity contribution in [2.24, 2.45) is 5.92 Å². The lowest BCUT2D eigenvalue weighted by molar-refractivity contribution is 0.142. The Hall–Kier alpha value is -1.30. The molecule has 0 atom stereocenters. The molecule has 96 valence electrons. The molecule has 0 saturated carbocycles. The van der Waals surface area contributed by atoms with Crippen molar-refractivity contribution in [2.45, 2.75) is 19.3 Å². The third-order valence-corrected chi connectivity index (χ3v) is 3.31. The van der Waals surface area contributed by atoms with Crippen LogP contribution in [0.1, 0.15) is 24.8 Å². The van der Waals surface area contributed by atoms with E-state index in [1.165, 1.54) is 32.4 Å². The van der Waals surface area contributed by atoms with Crippen molar-refractivity contribution in [3.05, 3.63) is 35.9 Å². The summed E-state index contributed by atoms with van der Waals surface area (Å²) >= 11 is 0. The number of ether oxygens (including phenoxy) is 1. The van der Waals surface area contributed by atoms with Crippen LogP contribution in [0, 0.1) is 17.8 Å². The zero-order valence-electron chi connectivity index (χ0n) is 10.8. The van der Waals surface area contributed by atoms with E-state index in [-0.39, 0.29) is 0 Å². The summed E-state index contributed by atoms with van der Waals surface area (Å²) < 4.78 is 5.56. The van der Waals surface area contributed by atoms with E-state index in [0.717, 1.165) is 18.1 Å². The molecule has 0 aromatic heterocycles. The van der Waals surface area contributed by atoms with Crippen LogP contribution in [0.5, 0.6) is 0 Å². The fourth-order valence-corrected chi connectivity index (χ4v) is 2.20. The van der Waals surface area contributed by atoms with Gasteiger partial charge in [0.1, 0.15) is 6.61 Å². The van der Waals surface area contributed by atoms with Gasteiger partial charge in [-0.1, -0.05) is 30.0 Å². The zero-order valence-corrected chi connectivity index (χ0v) is 10.8. The van der Waals surface area contributed by atoms with E-state index >= 15 is 0 Å². The van der Waals surface area contributed by atoms with Gasteiger partial charge in [-0.2, -0.15) is 0 Å². The van der Waals surface area contributed by atoms with E-state index in [2.05, 4.69) is 17.2 Å². The Morgan fingerprint density at radius 2 is 1.94 bits per heavy atom. The van der Waals surface area contributed by atoms with Crippen LogP contribution in [-0.2, 0) is 4.74 Å². The Kier molecular flexibility index (Phi) is 5.78. The molecule has 0 amide bonds. The molecule has 2 rings (SSSR count). The van der Waals surface area contributed by atoms with Crippen molar-refractivity contribution in [3.8, 4) is 11.8 Å². The zero-order chi connectivity index (χ0) is 12.5. The fraction of sp³-hybridized carbons (Fsp3) is 0.500. The molecule has 0 unspecified atom stereocenters. The smallest absolute Gasteiger partial charge is 0.108 e. The molecule has 2 nitrogen and oxygen atoms in total. The summed E-state index contributed by atoms with van der Waals surface area (Å²) in [6.45, 7) is 3.71. The Morgan fingerprint density at radius 3 is 2.72 bits per heavy atom. The third kappa shape index (κ3) is 4.91. The first kappa shape index (κ1) is 13.1. The second-order valence-corrected chi connectivity index (χ2v) is 4.70. The molecule has 1 heterocycles. The number of piperidine rings is 1. The Balaban J connectivity index is 1.57. The minimum absolute atomic E-state index is 0.542. The van der Waals surface area contributed by atoms with Crippen LogP contribution in [0.25, 0.3) is 0 Å². The number of hydrogen-bond donors (Lipinski definition) is 1. The van der Waals surface area contributed by atoms with Gasteiger partial charge in [-0.3, -0.25) is 0 Å². The number of nitrogens with one attached hydrogen (secondary N) is 1. The molecule has 1 aromatic rings. The van der Waals surface area contributed by atoms with Gasteiger partial charge in [-0.05, 0) is 50.4 Å². The molecular weight excluding hydrogens is 222 g/mol. The van der Waals surface area contributed by atoms with Crippen LogP contribution < -0.4 is 5.32 Å². The Morgan fingerprint density at radius 1 is 1.17 bits per heavy atom. The van der Waals surface area contributed by atoms with Crippen LogP contribution in [-0.4, -0.2) is 26.3 Å². The molecule has 1 aliphatic heterocycles. The number of hydrogen-bond acceptors (Lipinski definition) is 2. The van der Waals surface area contributed by atoms with Crippen molar-refractivity contribution in [3.63, 3.8) is 0 Å². The van der Waals surface area contributed by atoms with Crippen molar-refractivity contribution in [2.75, 3.05) is 26.3 Å². The highest BCUT2D eigenvalue weighted by atomic mass is 16.5. The van der Waals surface area contributed by atoms with E-state index in [0.29, 0.717) is 6.61 Å². The van der Waals surface area contributed by atoms with Gasteiger partial charge in [0.15, 0.2) is 0 Å². The van der Waals surface area contributed by atoms with Crippen molar-refractivity contribution < 1.29 is 4.74 Å². The molecule has 18 heavy (non-hydrogen) atoms. The van der Waals surface area contributed by atoms with Gasteiger partial charge in [0.25, 0.3) is 0 Å². The molecular formula is C16H21NO. The summed E-state index contributed by atoms with van der Waals surface area (Å²) in [5, 5.41) is 3.38. The molecule has 0 bridgehead atoms. The molecule has 1 fully saturated rings. The molecule has 1 aliphatic rings. The highest BCUT2D eigenvalue weighted by molar-refractivity contribution is 5.33. The van der Waals surface area contributed by atoms with E-state index in [1.54, 1.807) is 0 Å². The largest absolute Gasteiger partial charge is 0.369 e. The summed E-state index contributed by atoms with van der Waals surface area (Å²) in [5.74, 6) is 6.99. The summed E-state index contributed by atoms with van der Waals surface area (Å²) in [6, 6.07) is 10.0. The summed E-state index contributed by atoms with van der Waals surface area (Å²) in [5.41, 5.74) is 1.06. The average Bonchev–Trinajstić information content (AvgIpc) is 2.45. The van der Waals surface area contributed by atoms with Gasteiger partial charge in [-0.15, -0.1) is 0 Å². The van der Waals surface area contributed by atoms with Gasteiger partial charge in [0.05, 0.1) is 0 Å². The molecule has 2 heteroatoms. The Bertz CT molecular complexity index is 385. The van der Waals surface area contributed by atoms with Gasteiger partial charge in [0, 0.05) is 12.2 Å². The molecule has 0 aliphatic carbocycles. The molecule has 1 aromatic carbocycles. The standard InChI is InChI=1S/C16H21NO/c1-2-5-15(6-3-1)7-4-13-18-14-10-16-8-11-17-12-9-16/h1-3,5-6,16-17H,8-14H2. The summed E-state index contributed by atoms with van der Waals surface area (Å²) in [7, 11) is 0. The van der Waals surface area contributed by atoms with Gasteiger partial charge in [-0.25, -0.2) is 0 Å².